The molecule has 1 aromatic heterocycles. The first kappa shape index (κ1) is 38.3. The SMILES string of the molecule is C=C(/C=C\C=C(/C)C1=NN=CC(C)C1C)NC(=O)c1cc2c(cn1)CCN(C(=O)OCC(F)(F)F)C2.CC(C)C.CCCC. The number of nitrogens with zero attached hydrogens (tertiary/aromatic N) is 4. The average Bonchev–Trinajstić information content (AvgIpc) is 2.96. The van der Waals surface area contributed by atoms with Crippen LogP contribution in [0.5, 0.6) is 0 Å². The van der Waals surface area contributed by atoms with Crippen LogP contribution in [0.25, 0.3) is 0 Å². The van der Waals surface area contributed by atoms with Gasteiger partial charge in [-0.3, -0.25) is 9.78 Å². The predicted molar refractivity (Wildman–Crippen MR) is 171 cm³/mol. The van der Waals surface area contributed by atoms with E-state index in [1.165, 1.54) is 25.1 Å². The number of alkyl halides is 3. The van der Waals surface area contributed by atoms with Crippen LogP contribution in [0.15, 0.2) is 58.5 Å². The number of hydrogen-bond acceptors (Lipinski definition) is 6. The standard InChI is InChI=1S/C25H28F3N5O3.2C4H10/c1-15(22-18(4)16(2)11-30-32-22)6-5-7-17(3)31-23(34)21-10-20-13-33(9-8-19(20)12-29-21)24(35)36-14-25(26,27)28;1-4(2)3;1-3-4-2/h5-7,10-12,16,18H,3,8-9,13-14H2,1-2,4H3,(H,31,34);4H,1-3H3;3-4H2,1-2H3/b7-5-,15-6+;;. The smallest absolute Gasteiger partial charge is 0.422 e. The third-order valence-corrected chi connectivity index (χ3v) is 6.45. The number of carbonyl (C=O) groups is 2. The summed E-state index contributed by atoms with van der Waals surface area (Å²) in [7, 11) is 0. The molecule has 0 saturated heterocycles. The lowest BCUT2D eigenvalue weighted by atomic mass is 9.88. The van der Waals surface area contributed by atoms with Gasteiger partial charge in [-0.15, -0.1) is 0 Å². The molecule has 0 bridgehead atoms. The van der Waals surface area contributed by atoms with E-state index in [0.717, 1.165) is 27.7 Å². The maximum absolute atomic E-state index is 12.6. The van der Waals surface area contributed by atoms with E-state index in [0.29, 0.717) is 23.6 Å². The molecule has 1 aromatic rings. The molecule has 2 aliphatic heterocycles. The van der Waals surface area contributed by atoms with E-state index < -0.39 is 24.8 Å². The van der Waals surface area contributed by atoms with Crippen molar-refractivity contribution in [1.82, 2.24) is 15.2 Å². The molecule has 2 amide bonds. The monoisotopic (exact) mass is 619 g/mol. The van der Waals surface area contributed by atoms with E-state index in [2.05, 4.69) is 80.3 Å². The van der Waals surface area contributed by atoms with Crippen molar-refractivity contribution < 1.29 is 27.5 Å². The number of rotatable bonds is 7. The molecule has 244 valence electrons. The molecule has 2 unspecified atom stereocenters. The number of allylic oxidation sites excluding steroid dienone is 4. The number of fused-ring (bicyclic) bond motifs is 1. The Hall–Kier alpha value is -3.76. The predicted octanol–water partition coefficient (Wildman–Crippen LogP) is 8.07. The van der Waals surface area contributed by atoms with Crippen molar-refractivity contribution in [1.29, 1.82) is 0 Å². The van der Waals surface area contributed by atoms with Gasteiger partial charge < -0.3 is 15.0 Å². The fourth-order valence-electron chi connectivity index (χ4n) is 3.71. The van der Waals surface area contributed by atoms with E-state index in [-0.39, 0.29) is 24.7 Å². The lowest BCUT2D eigenvalue weighted by molar-refractivity contribution is -0.162. The van der Waals surface area contributed by atoms with Gasteiger partial charge in [-0.2, -0.15) is 23.4 Å². The second-order valence-electron chi connectivity index (χ2n) is 11.5. The Morgan fingerprint density at radius 2 is 1.82 bits per heavy atom. The molecular formula is C33H48F3N5O3. The molecule has 0 aliphatic carbocycles. The Labute approximate surface area is 260 Å². The molecule has 2 aliphatic rings. The minimum Gasteiger partial charge on any atom is -0.440 e. The summed E-state index contributed by atoms with van der Waals surface area (Å²) in [5, 5.41) is 10.9. The summed E-state index contributed by atoms with van der Waals surface area (Å²) in [4.78, 5) is 29.9. The summed E-state index contributed by atoms with van der Waals surface area (Å²) in [6.45, 7) is 19.4. The van der Waals surface area contributed by atoms with Crippen molar-refractivity contribution in [2.24, 2.45) is 28.0 Å². The highest BCUT2D eigenvalue weighted by Gasteiger charge is 2.32. The molecule has 3 rings (SSSR count). The molecule has 0 saturated carbocycles. The third-order valence-electron chi connectivity index (χ3n) is 6.45. The summed E-state index contributed by atoms with van der Waals surface area (Å²) in [5.41, 5.74) is 3.72. The number of amides is 2. The number of ether oxygens (including phenoxy) is 1. The molecular weight excluding hydrogens is 571 g/mol. The quantitative estimate of drug-likeness (QED) is 0.312. The third kappa shape index (κ3) is 14.1. The summed E-state index contributed by atoms with van der Waals surface area (Å²) in [6, 6.07) is 1.51. The van der Waals surface area contributed by atoms with Crippen molar-refractivity contribution in [3.05, 3.63) is 65.2 Å². The Morgan fingerprint density at radius 1 is 1.18 bits per heavy atom. The second kappa shape index (κ2) is 18.8. The number of halogens is 3. The van der Waals surface area contributed by atoms with Crippen LogP contribution in [0.1, 0.15) is 89.8 Å². The molecule has 0 aromatic carbocycles. The van der Waals surface area contributed by atoms with Crippen molar-refractivity contribution in [3.8, 4) is 0 Å². The molecule has 0 radical (unpaired) electrons. The van der Waals surface area contributed by atoms with Gasteiger partial charge in [-0.1, -0.05) is 80.0 Å². The topological polar surface area (TPSA) is 96.3 Å². The largest absolute Gasteiger partial charge is 0.440 e. The van der Waals surface area contributed by atoms with Crippen LogP contribution >= 0.6 is 0 Å². The summed E-state index contributed by atoms with van der Waals surface area (Å²) >= 11 is 0. The highest BCUT2D eigenvalue weighted by Crippen LogP contribution is 2.22. The highest BCUT2D eigenvalue weighted by molar-refractivity contribution is 6.03. The molecule has 44 heavy (non-hydrogen) atoms. The van der Waals surface area contributed by atoms with Crippen LogP contribution in [0.2, 0.25) is 0 Å². The van der Waals surface area contributed by atoms with Crippen molar-refractivity contribution >= 4 is 23.9 Å². The minimum atomic E-state index is -4.60. The van der Waals surface area contributed by atoms with Crippen LogP contribution in [-0.2, 0) is 17.7 Å². The summed E-state index contributed by atoms with van der Waals surface area (Å²) in [5.74, 6) is 0.867. The van der Waals surface area contributed by atoms with E-state index in [1.54, 1.807) is 12.2 Å². The molecule has 3 heterocycles. The number of unbranched alkanes of at least 4 members (excludes halogenated alkanes) is 1. The van der Waals surface area contributed by atoms with Crippen molar-refractivity contribution in [2.75, 3.05) is 13.2 Å². The molecule has 11 heteroatoms. The van der Waals surface area contributed by atoms with E-state index in [1.807, 2.05) is 19.2 Å². The first-order chi connectivity index (χ1) is 20.6. The van der Waals surface area contributed by atoms with E-state index in [9.17, 15) is 22.8 Å². The number of aromatic nitrogens is 1. The van der Waals surface area contributed by atoms with Crippen molar-refractivity contribution in [3.63, 3.8) is 0 Å². The number of hydrogen-bond donors (Lipinski definition) is 1. The molecule has 2 atom stereocenters. The zero-order valence-electron chi connectivity index (χ0n) is 27.3. The van der Waals surface area contributed by atoms with Gasteiger partial charge in [0.25, 0.3) is 5.91 Å². The first-order valence-electron chi connectivity index (χ1n) is 15.0. The lowest BCUT2D eigenvalue weighted by Gasteiger charge is -2.28. The Morgan fingerprint density at radius 3 is 2.41 bits per heavy atom. The van der Waals surface area contributed by atoms with Gasteiger partial charge in [0.05, 0.1) is 5.71 Å². The minimum absolute atomic E-state index is 0.0186. The van der Waals surface area contributed by atoms with Crippen LogP contribution in [0.4, 0.5) is 18.0 Å². The number of pyridine rings is 1. The Balaban J connectivity index is 0.00000108. The second-order valence-corrected chi connectivity index (χ2v) is 11.5. The number of nitrogens with one attached hydrogen (secondary N) is 1. The molecule has 8 nitrogen and oxygen atoms in total. The van der Waals surface area contributed by atoms with Crippen LogP contribution in [-0.4, -0.2) is 53.1 Å². The summed E-state index contributed by atoms with van der Waals surface area (Å²) < 4.78 is 41.3. The summed E-state index contributed by atoms with van der Waals surface area (Å²) in [6.07, 6.45) is 5.98. The zero-order valence-corrected chi connectivity index (χ0v) is 27.3. The fraction of sp³-hybridized carbons (Fsp3) is 0.545. The molecule has 0 spiro atoms. The molecule has 1 N–H and O–H groups in total. The van der Waals surface area contributed by atoms with Crippen LogP contribution in [0, 0.1) is 17.8 Å². The maximum Gasteiger partial charge on any atom is 0.422 e. The van der Waals surface area contributed by atoms with Gasteiger partial charge >= 0.3 is 12.3 Å². The van der Waals surface area contributed by atoms with Crippen LogP contribution in [0.3, 0.4) is 0 Å². The number of carbonyl (C=O) groups excluding carboxylic acids is 2. The van der Waals surface area contributed by atoms with Crippen LogP contribution < -0.4 is 5.32 Å². The average molecular weight is 620 g/mol. The normalized spacial score (nSPS) is 18.0. The Bertz CT molecular complexity index is 1230. The fourth-order valence-corrected chi connectivity index (χ4v) is 3.71. The first-order valence-corrected chi connectivity index (χ1v) is 15.0. The highest BCUT2D eigenvalue weighted by atomic mass is 19.4. The van der Waals surface area contributed by atoms with E-state index >= 15 is 0 Å². The van der Waals surface area contributed by atoms with Crippen molar-refractivity contribution in [2.45, 2.75) is 87.4 Å². The van der Waals surface area contributed by atoms with Gasteiger partial charge in [0.1, 0.15) is 5.69 Å². The van der Waals surface area contributed by atoms with Gasteiger partial charge in [-0.05, 0) is 48.1 Å². The van der Waals surface area contributed by atoms with Gasteiger partial charge in [0.2, 0.25) is 0 Å². The lowest BCUT2D eigenvalue weighted by Crippen LogP contribution is -2.38. The van der Waals surface area contributed by atoms with E-state index in [4.69, 9.17) is 0 Å². The molecule has 0 fully saturated rings. The zero-order chi connectivity index (χ0) is 33.4. The Kier molecular flexibility index (Phi) is 16.4. The maximum atomic E-state index is 12.6. The van der Waals surface area contributed by atoms with Gasteiger partial charge in [0, 0.05) is 43.0 Å². The van der Waals surface area contributed by atoms with Gasteiger partial charge in [-0.25, -0.2) is 4.79 Å². The van der Waals surface area contributed by atoms with Gasteiger partial charge in [0.15, 0.2) is 6.61 Å².